The summed E-state index contributed by atoms with van der Waals surface area (Å²) in [7, 11) is 0. The van der Waals surface area contributed by atoms with E-state index in [2.05, 4.69) is 23.4 Å². The fraction of sp³-hybridized carbons (Fsp3) is 0.400. The van der Waals surface area contributed by atoms with Crippen LogP contribution in [-0.4, -0.2) is 27.5 Å². The van der Waals surface area contributed by atoms with Crippen LogP contribution in [0.3, 0.4) is 0 Å². The third kappa shape index (κ3) is 4.34. The minimum Gasteiger partial charge on any atom is -0.394 e. The topological polar surface area (TPSA) is 50.1 Å². The summed E-state index contributed by atoms with van der Waals surface area (Å²) >= 11 is 6.16. The Kier molecular flexibility index (Phi) is 5.59. The molecule has 0 aliphatic heterocycles. The van der Waals surface area contributed by atoms with Crippen LogP contribution < -0.4 is 5.32 Å². The van der Waals surface area contributed by atoms with E-state index in [1.165, 1.54) is 0 Å². The van der Waals surface area contributed by atoms with Crippen LogP contribution in [0.15, 0.2) is 36.7 Å². The quantitative estimate of drug-likeness (QED) is 0.823. The lowest BCUT2D eigenvalue weighted by atomic mass is 10.1. The van der Waals surface area contributed by atoms with Gasteiger partial charge < -0.3 is 10.4 Å². The minimum absolute atomic E-state index is 0.109. The number of aliphatic hydroxyl groups excluding tert-OH is 1. The highest BCUT2D eigenvalue weighted by atomic mass is 35.5. The lowest BCUT2D eigenvalue weighted by Crippen LogP contribution is -2.27. The van der Waals surface area contributed by atoms with Gasteiger partial charge in [0.05, 0.1) is 19.3 Å². The number of hydrogen-bond acceptors (Lipinski definition) is 3. The lowest BCUT2D eigenvalue weighted by molar-refractivity contribution is 0.269. The normalized spacial score (nSPS) is 12.6. The number of rotatable bonds is 7. The Bertz CT molecular complexity index is 541. The van der Waals surface area contributed by atoms with E-state index in [0.29, 0.717) is 12.6 Å². The number of benzene rings is 1. The molecule has 108 valence electrons. The largest absolute Gasteiger partial charge is 0.394 e. The first-order valence-electron chi connectivity index (χ1n) is 6.78. The molecule has 0 saturated carbocycles. The van der Waals surface area contributed by atoms with Crippen molar-refractivity contribution < 1.29 is 5.11 Å². The minimum atomic E-state index is 0.109. The molecule has 1 unspecified atom stereocenters. The van der Waals surface area contributed by atoms with Crippen LogP contribution >= 0.6 is 11.6 Å². The first-order chi connectivity index (χ1) is 9.69. The summed E-state index contributed by atoms with van der Waals surface area (Å²) in [6, 6.07) is 8.25. The van der Waals surface area contributed by atoms with Gasteiger partial charge >= 0.3 is 0 Å². The molecule has 20 heavy (non-hydrogen) atoms. The molecular weight excluding hydrogens is 274 g/mol. The Morgan fingerprint density at radius 2 is 2.20 bits per heavy atom. The van der Waals surface area contributed by atoms with E-state index in [4.69, 9.17) is 16.7 Å². The zero-order valence-electron chi connectivity index (χ0n) is 11.6. The van der Waals surface area contributed by atoms with Gasteiger partial charge in [0.2, 0.25) is 0 Å². The lowest BCUT2D eigenvalue weighted by Gasteiger charge is -2.14. The van der Waals surface area contributed by atoms with E-state index < -0.39 is 0 Å². The van der Waals surface area contributed by atoms with Gasteiger partial charge in [-0.1, -0.05) is 29.8 Å². The predicted molar refractivity (Wildman–Crippen MR) is 80.8 cm³/mol. The van der Waals surface area contributed by atoms with Crippen molar-refractivity contribution in [1.29, 1.82) is 0 Å². The molecule has 0 radical (unpaired) electrons. The van der Waals surface area contributed by atoms with Crippen molar-refractivity contribution in [2.45, 2.75) is 32.5 Å². The van der Waals surface area contributed by atoms with Gasteiger partial charge in [0.1, 0.15) is 0 Å². The Morgan fingerprint density at radius 3 is 2.95 bits per heavy atom. The fourth-order valence-corrected chi connectivity index (χ4v) is 2.29. The second-order valence-electron chi connectivity index (χ2n) is 4.91. The molecule has 1 aromatic heterocycles. The maximum atomic E-state index is 8.85. The average Bonchev–Trinajstić information content (AvgIpc) is 2.87. The van der Waals surface area contributed by atoms with Crippen molar-refractivity contribution in [2.75, 3.05) is 6.61 Å². The standard InChI is InChI=1S/C15H20ClN3O/c1-12(8-14-4-2-3-5-15(14)16)17-9-13-10-18-19(11-13)6-7-20/h2-5,10-12,17,20H,6-9H2,1H3. The second-order valence-corrected chi connectivity index (χ2v) is 5.32. The van der Waals surface area contributed by atoms with Crippen LogP contribution in [0.5, 0.6) is 0 Å². The molecule has 1 atom stereocenters. The predicted octanol–water partition coefficient (Wildman–Crippen LogP) is 2.25. The maximum Gasteiger partial charge on any atom is 0.0640 e. The van der Waals surface area contributed by atoms with Gasteiger partial charge in [-0.2, -0.15) is 5.10 Å². The van der Waals surface area contributed by atoms with E-state index in [9.17, 15) is 0 Å². The number of halogens is 1. The van der Waals surface area contributed by atoms with E-state index >= 15 is 0 Å². The van der Waals surface area contributed by atoms with Gasteiger partial charge in [0, 0.05) is 29.4 Å². The smallest absolute Gasteiger partial charge is 0.0640 e. The van der Waals surface area contributed by atoms with Crippen molar-refractivity contribution in [2.24, 2.45) is 0 Å². The molecular formula is C15H20ClN3O. The van der Waals surface area contributed by atoms with Gasteiger partial charge in [0.15, 0.2) is 0 Å². The molecule has 0 aliphatic carbocycles. The van der Waals surface area contributed by atoms with E-state index in [1.807, 2.05) is 30.6 Å². The number of nitrogens with one attached hydrogen (secondary N) is 1. The molecule has 1 heterocycles. The number of hydrogen-bond donors (Lipinski definition) is 2. The van der Waals surface area contributed by atoms with Gasteiger partial charge in [0.25, 0.3) is 0 Å². The fourth-order valence-electron chi connectivity index (χ4n) is 2.08. The Hall–Kier alpha value is -1.36. The van der Waals surface area contributed by atoms with Crippen molar-refractivity contribution in [3.63, 3.8) is 0 Å². The van der Waals surface area contributed by atoms with E-state index in [0.717, 1.165) is 29.1 Å². The van der Waals surface area contributed by atoms with Crippen LogP contribution in [0.4, 0.5) is 0 Å². The van der Waals surface area contributed by atoms with Crippen molar-refractivity contribution >= 4 is 11.6 Å². The van der Waals surface area contributed by atoms with Crippen molar-refractivity contribution in [3.05, 3.63) is 52.8 Å². The molecule has 5 heteroatoms. The molecule has 4 nitrogen and oxygen atoms in total. The first kappa shape index (κ1) is 15.0. The molecule has 0 saturated heterocycles. The SMILES string of the molecule is CC(Cc1ccccc1Cl)NCc1cnn(CCO)c1. The van der Waals surface area contributed by atoms with E-state index in [-0.39, 0.29) is 6.61 Å². The number of aliphatic hydroxyl groups is 1. The zero-order chi connectivity index (χ0) is 14.4. The first-order valence-corrected chi connectivity index (χ1v) is 7.16. The molecule has 0 aliphatic rings. The average molecular weight is 294 g/mol. The monoisotopic (exact) mass is 293 g/mol. The second kappa shape index (κ2) is 7.43. The number of aromatic nitrogens is 2. The molecule has 0 fully saturated rings. The summed E-state index contributed by atoms with van der Waals surface area (Å²) < 4.78 is 1.75. The van der Waals surface area contributed by atoms with Crippen LogP contribution in [-0.2, 0) is 19.5 Å². The molecule has 2 aromatic rings. The van der Waals surface area contributed by atoms with Gasteiger partial charge in [-0.3, -0.25) is 4.68 Å². The summed E-state index contributed by atoms with van der Waals surface area (Å²) in [6.07, 6.45) is 4.67. The van der Waals surface area contributed by atoms with Gasteiger partial charge in [-0.05, 0) is 25.0 Å². The Balaban J connectivity index is 1.82. The van der Waals surface area contributed by atoms with E-state index in [1.54, 1.807) is 4.68 Å². The van der Waals surface area contributed by atoms with Crippen LogP contribution in [0.25, 0.3) is 0 Å². The molecule has 0 bridgehead atoms. The third-order valence-corrected chi connectivity index (χ3v) is 3.52. The molecule has 0 spiro atoms. The summed E-state index contributed by atoms with van der Waals surface area (Å²) in [6.45, 7) is 3.55. The highest BCUT2D eigenvalue weighted by molar-refractivity contribution is 6.31. The summed E-state index contributed by atoms with van der Waals surface area (Å²) in [5.41, 5.74) is 2.27. The maximum absolute atomic E-state index is 8.85. The highest BCUT2D eigenvalue weighted by Crippen LogP contribution is 2.16. The Labute approximate surface area is 124 Å². The highest BCUT2D eigenvalue weighted by Gasteiger charge is 2.07. The summed E-state index contributed by atoms with van der Waals surface area (Å²) in [5, 5.41) is 17.3. The Morgan fingerprint density at radius 1 is 1.40 bits per heavy atom. The summed E-state index contributed by atoms with van der Waals surface area (Å²) in [5.74, 6) is 0. The van der Waals surface area contributed by atoms with Crippen LogP contribution in [0, 0.1) is 0 Å². The van der Waals surface area contributed by atoms with Crippen LogP contribution in [0.2, 0.25) is 5.02 Å². The van der Waals surface area contributed by atoms with Gasteiger partial charge in [-0.15, -0.1) is 0 Å². The summed E-state index contributed by atoms with van der Waals surface area (Å²) in [4.78, 5) is 0. The van der Waals surface area contributed by atoms with Gasteiger partial charge in [-0.25, -0.2) is 0 Å². The third-order valence-electron chi connectivity index (χ3n) is 3.15. The molecule has 0 amide bonds. The molecule has 2 rings (SSSR count). The van der Waals surface area contributed by atoms with Crippen molar-refractivity contribution in [1.82, 2.24) is 15.1 Å². The molecule has 2 N–H and O–H groups in total. The van der Waals surface area contributed by atoms with Crippen LogP contribution in [0.1, 0.15) is 18.1 Å². The zero-order valence-corrected chi connectivity index (χ0v) is 12.3. The molecule has 1 aromatic carbocycles. The van der Waals surface area contributed by atoms with Crippen molar-refractivity contribution in [3.8, 4) is 0 Å². The number of nitrogens with zero attached hydrogens (tertiary/aromatic N) is 2.